The average molecular weight is 380 g/mol. The van der Waals surface area contributed by atoms with E-state index in [0.29, 0.717) is 16.9 Å². The first-order valence-electron chi connectivity index (χ1n) is 8.06. The Kier molecular flexibility index (Phi) is 4.99. The summed E-state index contributed by atoms with van der Waals surface area (Å²) in [7, 11) is 0. The predicted molar refractivity (Wildman–Crippen MR) is 106 cm³/mol. The normalized spacial score (nSPS) is 10.8. The summed E-state index contributed by atoms with van der Waals surface area (Å²) >= 11 is 3.07. The SMILES string of the molecule is Cc1ccc(Nc2nc(CSc3nnc(-c4ccccc4)o3)cs2)cc1. The van der Waals surface area contributed by atoms with Crippen LogP contribution in [0.3, 0.4) is 0 Å². The molecular weight excluding hydrogens is 364 g/mol. The summed E-state index contributed by atoms with van der Waals surface area (Å²) in [5.41, 5.74) is 4.17. The zero-order valence-corrected chi connectivity index (χ0v) is 15.7. The monoisotopic (exact) mass is 380 g/mol. The van der Waals surface area contributed by atoms with E-state index in [1.54, 1.807) is 11.3 Å². The third-order valence-corrected chi connectivity index (χ3v) is 5.28. The molecule has 2 aromatic heterocycles. The zero-order chi connectivity index (χ0) is 17.8. The van der Waals surface area contributed by atoms with Crippen LogP contribution in [0.4, 0.5) is 10.8 Å². The fraction of sp³-hybridized carbons (Fsp3) is 0.105. The second-order valence-corrected chi connectivity index (χ2v) is 7.45. The third kappa shape index (κ3) is 4.12. The molecule has 0 fully saturated rings. The molecule has 0 amide bonds. The highest BCUT2D eigenvalue weighted by Gasteiger charge is 2.10. The molecule has 0 saturated heterocycles. The first kappa shape index (κ1) is 16.8. The Morgan fingerprint density at radius 2 is 1.85 bits per heavy atom. The van der Waals surface area contributed by atoms with E-state index in [1.165, 1.54) is 17.3 Å². The van der Waals surface area contributed by atoms with Crippen molar-refractivity contribution < 1.29 is 4.42 Å². The Labute approximate surface area is 159 Å². The lowest BCUT2D eigenvalue weighted by Gasteiger charge is -2.02. The smallest absolute Gasteiger partial charge is 0.277 e. The number of anilines is 2. The van der Waals surface area contributed by atoms with Crippen molar-refractivity contribution in [3.8, 4) is 11.5 Å². The first-order valence-corrected chi connectivity index (χ1v) is 9.92. The van der Waals surface area contributed by atoms with Gasteiger partial charge in [-0.05, 0) is 31.2 Å². The van der Waals surface area contributed by atoms with Gasteiger partial charge < -0.3 is 9.73 Å². The number of nitrogens with one attached hydrogen (secondary N) is 1. The van der Waals surface area contributed by atoms with E-state index in [9.17, 15) is 0 Å². The van der Waals surface area contributed by atoms with Crippen LogP contribution >= 0.6 is 23.1 Å². The van der Waals surface area contributed by atoms with Crippen molar-refractivity contribution in [2.45, 2.75) is 17.9 Å². The maximum absolute atomic E-state index is 5.71. The van der Waals surface area contributed by atoms with Gasteiger partial charge in [0.2, 0.25) is 5.89 Å². The molecule has 0 aliphatic heterocycles. The molecule has 0 bridgehead atoms. The second-order valence-electron chi connectivity index (χ2n) is 5.66. The molecule has 0 radical (unpaired) electrons. The van der Waals surface area contributed by atoms with E-state index in [4.69, 9.17) is 4.42 Å². The molecule has 0 saturated carbocycles. The molecule has 4 rings (SSSR count). The molecular formula is C19H16N4OS2. The van der Waals surface area contributed by atoms with Crippen LogP contribution in [0.1, 0.15) is 11.3 Å². The number of thioether (sulfide) groups is 1. The fourth-order valence-electron chi connectivity index (χ4n) is 2.29. The van der Waals surface area contributed by atoms with E-state index < -0.39 is 0 Å². The van der Waals surface area contributed by atoms with Crippen LogP contribution in [-0.2, 0) is 5.75 Å². The van der Waals surface area contributed by atoms with Gasteiger partial charge in [-0.15, -0.1) is 21.5 Å². The van der Waals surface area contributed by atoms with Crippen molar-refractivity contribution in [1.29, 1.82) is 0 Å². The molecule has 0 atom stereocenters. The molecule has 7 heteroatoms. The van der Waals surface area contributed by atoms with Gasteiger partial charge in [-0.2, -0.15) is 0 Å². The van der Waals surface area contributed by atoms with Gasteiger partial charge in [0.1, 0.15) is 0 Å². The summed E-state index contributed by atoms with van der Waals surface area (Å²) in [6.45, 7) is 2.07. The zero-order valence-electron chi connectivity index (χ0n) is 14.0. The number of nitrogens with zero attached hydrogens (tertiary/aromatic N) is 3. The largest absolute Gasteiger partial charge is 0.411 e. The molecule has 5 nitrogen and oxygen atoms in total. The van der Waals surface area contributed by atoms with E-state index in [-0.39, 0.29) is 0 Å². The molecule has 1 N–H and O–H groups in total. The minimum Gasteiger partial charge on any atom is -0.411 e. The number of rotatable bonds is 6. The van der Waals surface area contributed by atoms with Gasteiger partial charge in [0.15, 0.2) is 5.13 Å². The number of hydrogen-bond acceptors (Lipinski definition) is 7. The average Bonchev–Trinajstić information content (AvgIpc) is 3.32. The van der Waals surface area contributed by atoms with Gasteiger partial charge in [0, 0.05) is 22.4 Å². The summed E-state index contributed by atoms with van der Waals surface area (Å²) < 4.78 is 5.71. The first-order chi connectivity index (χ1) is 12.8. The van der Waals surface area contributed by atoms with Crippen LogP contribution in [0.15, 0.2) is 69.6 Å². The lowest BCUT2D eigenvalue weighted by Crippen LogP contribution is -1.90. The molecule has 130 valence electrons. The molecule has 2 aromatic carbocycles. The van der Waals surface area contributed by atoms with Crippen LogP contribution in [0, 0.1) is 6.92 Å². The maximum Gasteiger partial charge on any atom is 0.277 e. The molecule has 26 heavy (non-hydrogen) atoms. The van der Waals surface area contributed by atoms with Gasteiger partial charge in [-0.1, -0.05) is 47.7 Å². The standard InChI is InChI=1S/C19H16N4OS2/c1-13-7-9-15(10-8-13)20-18-21-16(11-25-18)12-26-19-23-22-17(24-19)14-5-3-2-4-6-14/h2-11H,12H2,1H3,(H,20,21). The predicted octanol–water partition coefficient (Wildman–Crippen LogP) is 5.54. The maximum atomic E-state index is 5.71. The van der Waals surface area contributed by atoms with Crippen LogP contribution < -0.4 is 5.32 Å². The Morgan fingerprint density at radius 1 is 1.04 bits per heavy atom. The van der Waals surface area contributed by atoms with Gasteiger partial charge >= 0.3 is 0 Å². The quantitative estimate of drug-likeness (QED) is 0.443. The molecule has 2 heterocycles. The number of thiazole rings is 1. The summed E-state index contributed by atoms with van der Waals surface area (Å²) in [6, 6.07) is 18.0. The summed E-state index contributed by atoms with van der Waals surface area (Å²) in [5, 5.41) is 15.0. The number of hydrogen-bond donors (Lipinski definition) is 1. The molecule has 0 unspecified atom stereocenters. The van der Waals surface area contributed by atoms with Crippen molar-refractivity contribution in [2.24, 2.45) is 0 Å². The highest BCUT2D eigenvalue weighted by molar-refractivity contribution is 7.98. The van der Waals surface area contributed by atoms with E-state index in [1.807, 2.05) is 35.7 Å². The molecule has 0 aliphatic rings. The van der Waals surface area contributed by atoms with Gasteiger partial charge in [-0.25, -0.2) is 4.98 Å². The van der Waals surface area contributed by atoms with E-state index >= 15 is 0 Å². The second kappa shape index (κ2) is 7.72. The lowest BCUT2D eigenvalue weighted by atomic mass is 10.2. The van der Waals surface area contributed by atoms with Gasteiger partial charge in [-0.3, -0.25) is 0 Å². The van der Waals surface area contributed by atoms with Crippen molar-refractivity contribution in [3.63, 3.8) is 0 Å². The topological polar surface area (TPSA) is 63.8 Å². The van der Waals surface area contributed by atoms with E-state index in [0.717, 1.165) is 22.1 Å². The van der Waals surface area contributed by atoms with E-state index in [2.05, 4.69) is 51.7 Å². The summed E-state index contributed by atoms with van der Waals surface area (Å²) in [5.74, 6) is 1.22. The van der Waals surface area contributed by atoms with Crippen LogP contribution in [-0.4, -0.2) is 15.2 Å². The van der Waals surface area contributed by atoms with Gasteiger partial charge in [0.25, 0.3) is 5.22 Å². The number of benzene rings is 2. The molecule has 0 spiro atoms. The molecule has 0 aliphatic carbocycles. The Morgan fingerprint density at radius 3 is 2.65 bits per heavy atom. The van der Waals surface area contributed by atoms with Crippen LogP contribution in [0.2, 0.25) is 0 Å². The summed E-state index contributed by atoms with van der Waals surface area (Å²) in [6.07, 6.45) is 0. The third-order valence-electron chi connectivity index (χ3n) is 3.63. The number of aromatic nitrogens is 3. The molecule has 4 aromatic rings. The lowest BCUT2D eigenvalue weighted by molar-refractivity contribution is 0.466. The highest BCUT2D eigenvalue weighted by Crippen LogP contribution is 2.28. The fourth-order valence-corrected chi connectivity index (χ4v) is 3.78. The van der Waals surface area contributed by atoms with Crippen LogP contribution in [0.25, 0.3) is 11.5 Å². The Balaban J connectivity index is 1.36. The van der Waals surface area contributed by atoms with Gasteiger partial charge in [0.05, 0.1) is 5.69 Å². The van der Waals surface area contributed by atoms with Crippen molar-refractivity contribution in [2.75, 3.05) is 5.32 Å². The highest BCUT2D eigenvalue weighted by atomic mass is 32.2. The Hall–Kier alpha value is -2.64. The minimum absolute atomic E-state index is 0.535. The number of aryl methyl sites for hydroxylation is 1. The Bertz CT molecular complexity index is 980. The van der Waals surface area contributed by atoms with Crippen molar-refractivity contribution in [3.05, 3.63) is 71.2 Å². The van der Waals surface area contributed by atoms with Crippen molar-refractivity contribution >= 4 is 33.9 Å². The van der Waals surface area contributed by atoms with Crippen molar-refractivity contribution in [1.82, 2.24) is 15.2 Å². The van der Waals surface area contributed by atoms with Crippen LogP contribution in [0.5, 0.6) is 0 Å². The minimum atomic E-state index is 0.535. The summed E-state index contributed by atoms with van der Waals surface area (Å²) in [4.78, 5) is 4.60.